The maximum absolute atomic E-state index is 6.38. The first kappa shape index (κ1) is 13.4. The van der Waals surface area contributed by atoms with Gasteiger partial charge in [-0.1, -0.05) is 52.4 Å². The Morgan fingerprint density at radius 2 is 1.37 bits per heavy atom. The van der Waals surface area contributed by atoms with E-state index in [1.165, 1.54) is 20.9 Å². The molecule has 1 aromatic rings. The molecule has 0 nitrogen and oxygen atoms in total. The minimum absolute atomic E-state index is 0.0656. The molecule has 19 heavy (non-hydrogen) atoms. The Labute approximate surface area is 131 Å². The molecule has 0 fully saturated rings. The van der Waals surface area contributed by atoms with Crippen molar-refractivity contribution in [2.45, 2.75) is 23.0 Å². The lowest BCUT2D eigenvalue weighted by atomic mass is 10.1. The largest absolute Gasteiger partial charge is 0.135 e. The van der Waals surface area contributed by atoms with Crippen molar-refractivity contribution in [2.75, 3.05) is 0 Å². The van der Waals surface area contributed by atoms with Crippen LogP contribution in [0.2, 0.25) is 0 Å². The fraction of sp³-hybridized carbons (Fsp3) is 0.250. The molecule has 2 aliphatic carbocycles. The second-order valence-electron chi connectivity index (χ2n) is 5.29. The smallest absolute Gasteiger partial charge is 0.0784 e. The topological polar surface area (TPSA) is 0 Å². The Morgan fingerprint density at radius 3 is 2.05 bits per heavy atom. The second-order valence-corrected chi connectivity index (χ2v) is 8.90. The number of halogens is 2. The highest BCUT2D eigenvalue weighted by molar-refractivity contribution is 9.10. The van der Waals surface area contributed by atoms with Gasteiger partial charge in [-0.2, -0.15) is 0 Å². The van der Waals surface area contributed by atoms with Gasteiger partial charge in [-0.05, 0) is 26.0 Å². The molecule has 3 heteroatoms. The first-order valence-electron chi connectivity index (χ1n) is 6.18. The van der Waals surface area contributed by atoms with Crippen LogP contribution in [-0.2, 0) is 0 Å². The lowest BCUT2D eigenvalue weighted by Crippen LogP contribution is -2.05. The van der Waals surface area contributed by atoms with Gasteiger partial charge in [0.25, 0.3) is 0 Å². The van der Waals surface area contributed by atoms with E-state index in [0.717, 1.165) is 0 Å². The fourth-order valence-electron chi connectivity index (χ4n) is 2.17. The molecule has 0 saturated carbocycles. The molecular formula is C16H14BrClS. The second kappa shape index (κ2) is 4.47. The maximum atomic E-state index is 6.38. The van der Waals surface area contributed by atoms with Crippen molar-refractivity contribution in [2.24, 2.45) is 0 Å². The number of rotatable bonds is 0. The zero-order valence-corrected chi connectivity index (χ0v) is 13.9. The molecule has 0 aromatic carbocycles. The number of thiophene rings is 1. The summed E-state index contributed by atoms with van der Waals surface area (Å²) in [6, 6.07) is 0. The Hall–Kier alpha value is -0.570. The Balaban J connectivity index is 2.15. The van der Waals surface area contributed by atoms with Gasteiger partial charge in [0.05, 0.1) is 9.20 Å². The Bertz CT molecular complexity index is 587. The van der Waals surface area contributed by atoms with Crippen LogP contribution in [0.3, 0.4) is 0 Å². The molecule has 0 aliphatic heterocycles. The number of hydrogen-bond acceptors (Lipinski definition) is 1. The van der Waals surface area contributed by atoms with Gasteiger partial charge in [0.2, 0.25) is 0 Å². The highest BCUT2D eigenvalue weighted by Crippen LogP contribution is 2.39. The van der Waals surface area contributed by atoms with Gasteiger partial charge >= 0.3 is 0 Å². The zero-order chi connectivity index (χ0) is 13.7. The zero-order valence-electron chi connectivity index (χ0n) is 10.8. The summed E-state index contributed by atoms with van der Waals surface area (Å²) in [7, 11) is 0. The van der Waals surface area contributed by atoms with Gasteiger partial charge in [0.15, 0.2) is 0 Å². The van der Waals surface area contributed by atoms with Crippen LogP contribution in [0, 0.1) is 0 Å². The molecule has 0 bridgehead atoms. The standard InChI is InChI=1S/C16H14BrClS/c1-15(17)7-3-11-12-4-9-16(2,18)10-6-14(12)19-13(11)5-8-15/h3-10H,1-2H3. The van der Waals surface area contributed by atoms with E-state index in [1.54, 1.807) is 0 Å². The number of hydrogen-bond donors (Lipinski definition) is 0. The van der Waals surface area contributed by atoms with E-state index in [4.69, 9.17) is 11.6 Å². The Morgan fingerprint density at radius 1 is 0.895 bits per heavy atom. The van der Waals surface area contributed by atoms with Gasteiger partial charge in [0, 0.05) is 20.9 Å². The van der Waals surface area contributed by atoms with Crippen LogP contribution in [0.25, 0.3) is 24.3 Å². The highest BCUT2D eigenvalue weighted by atomic mass is 79.9. The lowest BCUT2D eigenvalue weighted by molar-refractivity contribution is 1.00. The third kappa shape index (κ3) is 2.67. The maximum Gasteiger partial charge on any atom is 0.0784 e. The SMILES string of the molecule is CC1(Cl)C=Cc2sc3c(c2C=C1)C=CC(C)(Br)C=C3. The van der Waals surface area contributed by atoms with Crippen molar-refractivity contribution >= 4 is 63.2 Å². The molecule has 2 aliphatic rings. The van der Waals surface area contributed by atoms with Crippen LogP contribution in [0.1, 0.15) is 34.7 Å². The summed E-state index contributed by atoms with van der Waals surface area (Å²) in [4.78, 5) is 2.19. The summed E-state index contributed by atoms with van der Waals surface area (Å²) in [5.41, 5.74) is 2.56. The lowest BCUT2D eigenvalue weighted by Gasteiger charge is -2.09. The predicted octanol–water partition coefficient (Wildman–Crippen LogP) is 5.98. The summed E-state index contributed by atoms with van der Waals surface area (Å²) in [5, 5.41) is 0. The molecule has 0 radical (unpaired) electrons. The molecule has 0 saturated heterocycles. The van der Waals surface area contributed by atoms with Crippen LogP contribution in [0.5, 0.6) is 0 Å². The van der Waals surface area contributed by atoms with Crippen LogP contribution in [-0.4, -0.2) is 9.20 Å². The van der Waals surface area contributed by atoms with Gasteiger partial charge in [-0.15, -0.1) is 22.9 Å². The fourth-order valence-corrected chi connectivity index (χ4v) is 3.64. The summed E-state index contributed by atoms with van der Waals surface area (Å²) < 4.78 is -0.0656. The monoisotopic (exact) mass is 352 g/mol. The van der Waals surface area contributed by atoms with Gasteiger partial charge in [-0.25, -0.2) is 0 Å². The quantitative estimate of drug-likeness (QED) is 0.503. The van der Waals surface area contributed by atoms with Crippen molar-refractivity contribution < 1.29 is 0 Å². The summed E-state index contributed by atoms with van der Waals surface area (Å²) in [6.07, 6.45) is 17.2. The van der Waals surface area contributed by atoms with E-state index in [2.05, 4.69) is 71.5 Å². The van der Waals surface area contributed by atoms with E-state index in [9.17, 15) is 0 Å². The van der Waals surface area contributed by atoms with E-state index < -0.39 is 0 Å². The Kier molecular flexibility index (Phi) is 3.16. The van der Waals surface area contributed by atoms with Gasteiger partial charge in [0.1, 0.15) is 0 Å². The van der Waals surface area contributed by atoms with Crippen molar-refractivity contribution in [3.63, 3.8) is 0 Å². The highest BCUT2D eigenvalue weighted by Gasteiger charge is 2.22. The van der Waals surface area contributed by atoms with Crippen molar-refractivity contribution in [3.05, 3.63) is 45.2 Å². The molecule has 1 aromatic heterocycles. The molecule has 3 rings (SSSR count). The van der Waals surface area contributed by atoms with Crippen LogP contribution >= 0.6 is 38.9 Å². The first-order chi connectivity index (χ1) is 8.86. The van der Waals surface area contributed by atoms with Crippen molar-refractivity contribution in [3.8, 4) is 0 Å². The molecule has 2 unspecified atom stereocenters. The third-order valence-electron chi connectivity index (χ3n) is 3.31. The van der Waals surface area contributed by atoms with E-state index >= 15 is 0 Å². The molecule has 0 spiro atoms. The van der Waals surface area contributed by atoms with E-state index in [1.807, 2.05) is 18.3 Å². The molecule has 2 atom stereocenters. The number of alkyl halides is 2. The predicted molar refractivity (Wildman–Crippen MR) is 92.0 cm³/mol. The minimum Gasteiger partial charge on any atom is -0.135 e. The molecule has 98 valence electrons. The molecule has 1 heterocycles. The summed E-state index contributed by atoms with van der Waals surface area (Å²) in [5.74, 6) is 0. The first-order valence-corrected chi connectivity index (χ1v) is 8.17. The summed E-state index contributed by atoms with van der Waals surface area (Å²) >= 11 is 11.9. The average molecular weight is 354 g/mol. The summed E-state index contributed by atoms with van der Waals surface area (Å²) in [6.45, 7) is 4.14. The van der Waals surface area contributed by atoms with Crippen LogP contribution in [0.4, 0.5) is 0 Å². The molecular weight excluding hydrogens is 340 g/mol. The van der Waals surface area contributed by atoms with Crippen molar-refractivity contribution in [1.82, 2.24) is 0 Å². The van der Waals surface area contributed by atoms with Crippen molar-refractivity contribution in [1.29, 1.82) is 0 Å². The van der Waals surface area contributed by atoms with Crippen LogP contribution in [0.15, 0.2) is 24.3 Å². The van der Waals surface area contributed by atoms with Gasteiger partial charge < -0.3 is 0 Å². The number of allylic oxidation sites excluding steroid dienone is 4. The van der Waals surface area contributed by atoms with E-state index in [0.29, 0.717) is 0 Å². The number of fused-ring (bicyclic) bond motifs is 3. The normalized spacial score (nSPS) is 31.8. The minimum atomic E-state index is -0.389. The molecule has 0 amide bonds. The van der Waals surface area contributed by atoms with Crippen LogP contribution < -0.4 is 0 Å². The molecule has 0 N–H and O–H groups in total. The third-order valence-corrected chi connectivity index (χ3v) is 5.25. The average Bonchev–Trinajstić information content (AvgIpc) is 2.49. The van der Waals surface area contributed by atoms with Gasteiger partial charge in [-0.3, -0.25) is 0 Å². The van der Waals surface area contributed by atoms with E-state index in [-0.39, 0.29) is 9.20 Å².